The summed E-state index contributed by atoms with van der Waals surface area (Å²) in [6, 6.07) is 3.55. The van der Waals surface area contributed by atoms with E-state index in [1.807, 2.05) is 19.9 Å². The topological polar surface area (TPSA) is 103 Å². The largest absolute Gasteiger partial charge is 0.466 e. The molecule has 0 aliphatic heterocycles. The molecule has 0 saturated heterocycles. The van der Waals surface area contributed by atoms with E-state index < -0.39 is 5.56 Å². The van der Waals surface area contributed by atoms with Crippen LogP contribution in [0, 0.1) is 13.8 Å². The molecule has 146 valence electrons. The Labute approximate surface area is 158 Å². The molecule has 7 nitrogen and oxygen atoms in total. The molecule has 2 aromatic rings. The molecule has 0 atom stereocenters. The van der Waals surface area contributed by atoms with Gasteiger partial charge in [-0.15, -0.1) is 0 Å². The fourth-order valence-corrected chi connectivity index (χ4v) is 3.70. The van der Waals surface area contributed by atoms with E-state index in [9.17, 15) is 9.59 Å². The Hall–Kier alpha value is -2.57. The molecule has 1 amide bonds. The van der Waals surface area contributed by atoms with Crippen molar-refractivity contribution in [3.05, 3.63) is 34.0 Å². The Morgan fingerprint density at radius 3 is 2.52 bits per heavy atom. The first-order chi connectivity index (χ1) is 12.9. The highest BCUT2D eigenvalue weighted by molar-refractivity contribution is 5.76. The van der Waals surface area contributed by atoms with E-state index in [4.69, 9.17) is 10.2 Å². The predicted octanol–water partition coefficient (Wildman–Crippen LogP) is 2.93. The summed E-state index contributed by atoms with van der Waals surface area (Å²) in [5, 5.41) is 7.41. The lowest BCUT2D eigenvalue weighted by Gasteiger charge is -2.21. The first kappa shape index (κ1) is 19.2. The maximum absolute atomic E-state index is 12.5. The van der Waals surface area contributed by atoms with Crippen LogP contribution in [0.25, 0.3) is 11.3 Å². The average Bonchev–Trinajstić information content (AvgIpc) is 2.92. The number of amides is 1. The predicted molar refractivity (Wildman–Crippen MR) is 104 cm³/mol. The highest BCUT2D eigenvalue weighted by Crippen LogP contribution is 2.25. The van der Waals surface area contributed by atoms with E-state index in [1.54, 1.807) is 0 Å². The zero-order chi connectivity index (χ0) is 19.4. The molecule has 2 heterocycles. The Bertz CT molecular complexity index is 861. The summed E-state index contributed by atoms with van der Waals surface area (Å²) in [5.74, 6) is 1.25. The normalized spacial score (nSPS) is 15.9. The number of aryl methyl sites for hydroxylation is 2. The van der Waals surface area contributed by atoms with Crippen LogP contribution in [0.2, 0.25) is 0 Å². The standard InChI is InChI=1S/C20H28N4O3/c1-13-10-16(14(2)27-13)18-11-17(21)20(26)24(23-18)12-19(25)22-15-8-6-4-3-5-7-9-15/h10-11,15H,3-9,12,21H2,1-2H3,(H,22,25). The minimum absolute atomic E-state index is 0.0667. The maximum Gasteiger partial charge on any atom is 0.290 e. The highest BCUT2D eigenvalue weighted by atomic mass is 16.3. The summed E-state index contributed by atoms with van der Waals surface area (Å²) in [5.41, 5.74) is 6.79. The van der Waals surface area contributed by atoms with E-state index in [1.165, 1.54) is 25.3 Å². The fraction of sp³-hybridized carbons (Fsp3) is 0.550. The molecule has 27 heavy (non-hydrogen) atoms. The Morgan fingerprint density at radius 2 is 1.89 bits per heavy atom. The van der Waals surface area contributed by atoms with E-state index in [0.717, 1.165) is 41.7 Å². The molecule has 7 heteroatoms. The van der Waals surface area contributed by atoms with Gasteiger partial charge in [0.2, 0.25) is 5.91 Å². The second kappa shape index (κ2) is 8.41. The average molecular weight is 372 g/mol. The molecule has 3 rings (SSSR count). The highest BCUT2D eigenvalue weighted by Gasteiger charge is 2.17. The molecule has 1 saturated carbocycles. The third-order valence-electron chi connectivity index (χ3n) is 5.08. The van der Waals surface area contributed by atoms with Crippen molar-refractivity contribution in [2.45, 2.75) is 71.4 Å². The summed E-state index contributed by atoms with van der Waals surface area (Å²) in [6.45, 7) is 3.54. The molecule has 1 aliphatic rings. The summed E-state index contributed by atoms with van der Waals surface area (Å²) >= 11 is 0. The number of hydrogen-bond acceptors (Lipinski definition) is 5. The molecule has 0 unspecified atom stereocenters. The van der Waals surface area contributed by atoms with Crippen LogP contribution >= 0.6 is 0 Å². The van der Waals surface area contributed by atoms with Gasteiger partial charge in [0, 0.05) is 11.6 Å². The summed E-state index contributed by atoms with van der Waals surface area (Å²) in [6.07, 6.45) is 7.95. The third kappa shape index (κ3) is 4.78. The van der Waals surface area contributed by atoms with Crippen LogP contribution in [0.15, 0.2) is 21.3 Å². The number of carbonyl (C=O) groups excluding carboxylic acids is 1. The number of aromatic nitrogens is 2. The Balaban J connectivity index is 1.76. The minimum atomic E-state index is -0.454. The van der Waals surface area contributed by atoms with Gasteiger partial charge in [-0.25, -0.2) is 4.68 Å². The zero-order valence-electron chi connectivity index (χ0n) is 16.1. The summed E-state index contributed by atoms with van der Waals surface area (Å²) in [7, 11) is 0. The van der Waals surface area contributed by atoms with Crippen LogP contribution < -0.4 is 16.6 Å². The van der Waals surface area contributed by atoms with Gasteiger partial charge < -0.3 is 15.5 Å². The molecule has 2 aromatic heterocycles. The molecular weight excluding hydrogens is 344 g/mol. The number of nitrogens with zero attached hydrogens (tertiary/aromatic N) is 2. The van der Waals surface area contributed by atoms with E-state index in [0.29, 0.717) is 11.5 Å². The summed E-state index contributed by atoms with van der Waals surface area (Å²) < 4.78 is 6.68. The van der Waals surface area contributed by atoms with Crippen molar-refractivity contribution >= 4 is 11.6 Å². The lowest BCUT2D eigenvalue weighted by atomic mass is 9.97. The maximum atomic E-state index is 12.5. The molecule has 0 bridgehead atoms. The number of nitrogen functional groups attached to an aromatic ring is 1. The van der Waals surface area contributed by atoms with Gasteiger partial charge >= 0.3 is 0 Å². The molecule has 0 radical (unpaired) electrons. The van der Waals surface area contributed by atoms with Gasteiger partial charge in [-0.1, -0.05) is 32.1 Å². The van der Waals surface area contributed by atoms with Gasteiger partial charge in [0.25, 0.3) is 5.56 Å². The zero-order valence-corrected chi connectivity index (χ0v) is 16.1. The number of furan rings is 1. The van der Waals surface area contributed by atoms with Crippen molar-refractivity contribution in [1.29, 1.82) is 0 Å². The summed E-state index contributed by atoms with van der Waals surface area (Å²) in [4.78, 5) is 24.8. The minimum Gasteiger partial charge on any atom is -0.466 e. The second-order valence-corrected chi connectivity index (χ2v) is 7.38. The van der Waals surface area contributed by atoms with Crippen LogP contribution in [0.4, 0.5) is 5.69 Å². The van der Waals surface area contributed by atoms with E-state index >= 15 is 0 Å². The smallest absolute Gasteiger partial charge is 0.290 e. The van der Waals surface area contributed by atoms with Gasteiger partial charge in [-0.3, -0.25) is 9.59 Å². The molecular formula is C20H28N4O3. The van der Waals surface area contributed by atoms with Gasteiger partial charge in [0.05, 0.1) is 5.69 Å². The molecule has 0 spiro atoms. The van der Waals surface area contributed by atoms with E-state index in [-0.39, 0.29) is 24.2 Å². The SMILES string of the molecule is Cc1cc(-c2cc(N)c(=O)n(CC(=O)NC3CCCCCCC3)n2)c(C)o1. The van der Waals surface area contributed by atoms with Gasteiger partial charge in [0.15, 0.2) is 0 Å². The molecule has 1 fully saturated rings. The fourth-order valence-electron chi connectivity index (χ4n) is 3.70. The molecule has 3 N–H and O–H groups in total. The molecule has 0 aromatic carbocycles. The van der Waals surface area contributed by atoms with Crippen molar-refractivity contribution in [3.8, 4) is 11.3 Å². The number of nitrogens with one attached hydrogen (secondary N) is 1. The van der Waals surface area contributed by atoms with Gasteiger partial charge in [0.1, 0.15) is 23.8 Å². The number of rotatable bonds is 4. The van der Waals surface area contributed by atoms with Crippen LogP contribution in [0.3, 0.4) is 0 Å². The van der Waals surface area contributed by atoms with Crippen LogP contribution in [0.1, 0.15) is 56.5 Å². The third-order valence-corrected chi connectivity index (χ3v) is 5.08. The van der Waals surface area contributed by atoms with Crippen LogP contribution in [-0.4, -0.2) is 21.7 Å². The number of nitrogens with two attached hydrogens (primary N) is 1. The van der Waals surface area contributed by atoms with Crippen LogP contribution in [-0.2, 0) is 11.3 Å². The lowest BCUT2D eigenvalue weighted by molar-refractivity contribution is -0.122. The quantitative estimate of drug-likeness (QED) is 0.859. The van der Waals surface area contributed by atoms with Crippen molar-refractivity contribution in [1.82, 2.24) is 15.1 Å². The van der Waals surface area contributed by atoms with Crippen molar-refractivity contribution in [2.24, 2.45) is 0 Å². The monoisotopic (exact) mass is 372 g/mol. The van der Waals surface area contributed by atoms with Crippen LogP contribution in [0.5, 0.6) is 0 Å². The second-order valence-electron chi connectivity index (χ2n) is 7.38. The Kier molecular flexibility index (Phi) is 5.98. The number of anilines is 1. The lowest BCUT2D eigenvalue weighted by Crippen LogP contribution is -2.40. The number of carbonyl (C=O) groups is 1. The van der Waals surface area contributed by atoms with Gasteiger partial charge in [-0.05, 0) is 38.8 Å². The first-order valence-corrected chi connectivity index (χ1v) is 9.68. The van der Waals surface area contributed by atoms with Crippen molar-refractivity contribution in [3.63, 3.8) is 0 Å². The van der Waals surface area contributed by atoms with Gasteiger partial charge in [-0.2, -0.15) is 5.10 Å². The van der Waals surface area contributed by atoms with E-state index in [2.05, 4.69) is 10.4 Å². The molecule has 1 aliphatic carbocycles. The van der Waals surface area contributed by atoms with Crippen molar-refractivity contribution < 1.29 is 9.21 Å². The Morgan fingerprint density at radius 1 is 1.22 bits per heavy atom. The van der Waals surface area contributed by atoms with Crippen molar-refractivity contribution in [2.75, 3.05) is 5.73 Å². The first-order valence-electron chi connectivity index (χ1n) is 9.68. The number of hydrogen-bond donors (Lipinski definition) is 2.